The van der Waals surface area contributed by atoms with Crippen LogP contribution in [0.3, 0.4) is 0 Å². The van der Waals surface area contributed by atoms with Crippen LogP contribution in [0, 0.1) is 6.92 Å². The van der Waals surface area contributed by atoms with Gasteiger partial charge in [0.1, 0.15) is 5.69 Å². The highest BCUT2D eigenvalue weighted by Gasteiger charge is 2.19. The van der Waals surface area contributed by atoms with Crippen molar-refractivity contribution < 1.29 is 4.79 Å². The van der Waals surface area contributed by atoms with Crippen molar-refractivity contribution in [3.63, 3.8) is 0 Å². The van der Waals surface area contributed by atoms with E-state index in [0.29, 0.717) is 28.0 Å². The van der Waals surface area contributed by atoms with Gasteiger partial charge in [-0.1, -0.05) is 47.5 Å². The molecule has 164 valence electrons. The van der Waals surface area contributed by atoms with Gasteiger partial charge in [-0.2, -0.15) is 0 Å². The number of fused-ring (bicyclic) bond motifs is 3. The zero-order valence-electron chi connectivity index (χ0n) is 17.8. The Bertz CT molecular complexity index is 1320. The Balaban J connectivity index is 1.58. The number of hydrogen-bond acceptors (Lipinski definition) is 3. The Morgan fingerprint density at radius 1 is 1.06 bits per heavy atom. The van der Waals surface area contributed by atoms with Crippen molar-refractivity contribution >= 4 is 50.9 Å². The van der Waals surface area contributed by atoms with E-state index in [1.807, 2.05) is 18.2 Å². The zero-order valence-corrected chi connectivity index (χ0v) is 19.4. The van der Waals surface area contributed by atoms with Crippen LogP contribution in [0.2, 0.25) is 10.0 Å². The number of nitrogens with zero attached hydrogens (tertiary/aromatic N) is 2. The topological polar surface area (TPSA) is 61.0 Å². The van der Waals surface area contributed by atoms with Crippen molar-refractivity contribution in [1.82, 2.24) is 20.2 Å². The normalized spacial score (nSPS) is 14.5. The predicted molar refractivity (Wildman–Crippen MR) is 132 cm³/mol. The lowest BCUT2D eigenvalue weighted by Gasteiger charge is -2.15. The number of rotatable bonds is 5. The summed E-state index contributed by atoms with van der Waals surface area (Å²) in [6.45, 7) is 5.75. The molecule has 0 unspecified atom stereocenters. The molecule has 0 atom stereocenters. The lowest BCUT2D eigenvalue weighted by molar-refractivity contribution is 0.0945. The van der Waals surface area contributed by atoms with Crippen molar-refractivity contribution in [2.24, 2.45) is 0 Å². The highest BCUT2D eigenvalue weighted by molar-refractivity contribution is 6.42. The molecule has 2 N–H and O–H groups in total. The molecule has 1 fully saturated rings. The van der Waals surface area contributed by atoms with Crippen molar-refractivity contribution in [1.29, 1.82) is 0 Å². The molecule has 0 radical (unpaired) electrons. The maximum absolute atomic E-state index is 13.0. The van der Waals surface area contributed by atoms with Crippen LogP contribution in [-0.2, 0) is 0 Å². The van der Waals surface area contributed by atoms with Gasteiger partial charge < -0.3 is 15.2 Å². The molecule has 32 heavy (non-hydrogen) atoms. The summed E-state index contributed by atoms with van der Waals surface area (Å²) in [4.78, 5) is 23.7. The van der Waals surface area contributed by atoms with Crippen LogP contribution in [0.25, 0.3) is 33.1 Å². The number of benzene rings is 2. The number of nitrogens with one attached hydrogen (secondary N) is 2. The molecule has 7 heteroatoms. The summed E-state index contributed by atoms with van der Waals surface area (Å²) < 4.78 is 0. The first-order chi connectivity index (χ1) is 15.5. The zero-order chi connectivity index (χ0) is 22.2. The number of aromatic nitrogens is 2. The number of pyridine rings is 1. The van der Waals surface area contributed by atoms with Crippen molar-refractivity contribution in [3.8, 4) is 11.3 Å². The van der Waals surface area contributed by atoms with E-state index in [2.05, 4.69) is 34.3 Å². The number of amides is 1. The summed E-state index contributed by atoms with van der Waals surface area (Å²) in [6, 6.07) is 13.5. The van der Waals surface area contributed by atoms with Crippen LogP contribution < -0.4 is 5.32 Å². The van der Waals surface area contributed by atoms with Gasteiger partial charge in [0.15, 0.2) is 0 Å². The first-order valence-corrected chi connectivity index (χ1v) is 11.6. The number of hydrogen-bond donors (Lipinski definition) is 2. The number of aromatic amines is 1. The second kappa shape index (κ2) is 8.74. The molecule has 4 aromatic rings. The molecule has 0 bridgehead atoms. The number of halogens is 2. The third kappa shape index (κ3) is 3.96. The molecule has 3 heterocycles. The minimum Gasteiger partial charge on any atom is -0.353 e. The summed E-state index contributed by atoms with van der Waals surface area (Å²) in [5, 5.41) is 6.00. The number of carbonyl (C=O) groups is 1. The summed E-state index contributed by atoms with van der Waals surface area (Å²) in [6.07, 6.45) is 2.47. The van der Waals surface area contributed by atoms with Gasteiger partial charge in [-0.15, -0.1) is 0 Å². The highest BCUT2D eigenvalue weighted by atomic mass is 35.5. The lowest BCUT2D eigenvalue weighted by Crippen LogP contribution is -2.33. The summed E-state index contributed by atoms with van der Waals surface area (Å²) in [7, 11) is 0. The van der Waals surface area contributed by atoms with Gasteiger partial charge in [0.2, 0.25) is 0 Å². The van der Waals surface area contributed by atoms with Gasteiger partial charge in [-0.05, 0) is 56.6 Å². The number of aryl methyl sites for hydroxylation is 1. The third-order valence-corrected chi connectivity index (χ3v) is 6.91. The van der Waals surface area contributed by atoms with E-state index in [1.165, 1.54) is 12.8 Å². The van der Waals surface area contributed by atoms with Crippen molar-refractivity contribution in [3.05, 3.63) is 63.8 Å². The highest BCUT2D eigenvalue weighted by Crippen LogP contribution is 2.35. The number of likely N-dealkylation sites (tertiary alicyclic amines) is 1. The monoisotopic (exact) mass is 466 g/mol. The van der Waals surface area contributed by atoms with Crippen molar-refractivity contribution in [2.75, 3.05) is 26.2 Å². The summed E-state index contributed by atoms with van der Waals surface area (Å²) >= 11 is 12.4. The molecule has 1 aliphatic rings. The second-order valence-corrected chi connectivity index (χ2v) is 9.15. The molecule has 5 rings (SSSR count). The van der Waals surface area contributed by atoms with Crippen molar-refractivity contribution in [2.45, 2.75) is 19.8 Å². The van der Waals surface area contributed by atoms with E-state index < -0.39 is 0 Å². The molecule has 1 aliphatic heterocycles. The largest absolute Gasteiger partial charge is 0.353 e. The molecule has 2 aromatic heterocycles. The molecule has 5 nitrogen and oxygen atoms in total. The Labute approximate surface area is 196 Å². The van der Waals surface area contributed by atoms with Crippen LogP contribution in [0.4, 0.5) is 0 Å². The Hall–Kier alpha value is -2.60. The summed E-state index contributed by atoms with van der Waals surface area (Å²) in [5.41, 5.74) is 4.93. The minimum absolute atomic E-state index is 0.172. The van der Waals surface area contributed by atoms with Crippen LogP contribution in [0.15, 0.2) is 42.5 Å². The summed E-state index contributed by atoms with van der Waals surface area (Å²) in [5.74, 6) is -0.172. The van der Waals surface area contributed by atoms with E-state index in [1.54, 1.807) is 12.1 Å². The van der Waals surface area contributed by atoms with E-state index in [9.17, 15) is 4.79 Å². The maximum Gasteiger partial charge on any atom is 0.269 e. The average Bonchev–Trinajstić information content (AvgIpc) is 3.43. The standard InChI is InChI=1S/C25H24Cl2N4O/c1-15-5-4-6-17-18-14-21(25(32)28-9-12-31-10-2-3-11-31)29-23(24(18)30-22(15)17)16-7-8-19(26)20(27)13-16/h4-8,13-14,30H,2-3,9-12H2,1H3,(H,28,32). The molecule has 0 spiro atoms. The Morgan fingerprint density at radius 2 is 1.88 bits per heavy atom. The fraction of sp³-hybridized carbons (Fsp3) is 0.280. The number of para-hydroxylation sites is 1. The predicted octanol–water partition coefficient (Wildman–Crippen LogP) is 5.82. The van der Waals surface area contributed by atoms with Crippen LogP contribution in [0.5, 0.6) is 0 Å². The fourth-order valence-corrected chi connectivity index (χ4v) is 4.76. The van der Waals surface area contributed by atoms with E-state index >= 15 is 0 Å². The Morgan fingerprint density at radius 3 is 2.66 bits per heavy atom. The van der Waals surface area contributed by atoms with Gasteiger partial charge in [0.25, 0.3) is 5.91 Å². The Kier molecular flexibility index (Phi) is 5.80. The molecular weight excluding hydrogens is 443 g/mol. The van der Waals surface area contributed by atoms with E-state index in [-0.39, 0.29) is 5.91 Å². The molecule has 0 saturated carbocycles. The smallest absolute Gasteiger partial charge is 0.269 e. The maximum atomic E-state index is 13.0. The third-order valence-electron chi connectivity index (χ3n) is 6.17. The first-order valence-electron chi connectivity index (χ1n) is 10.9. The van der Waals surface area contributed by atoms with Gasteiger partial charge in [-0.3, -0.25) is 4.79 Å². The number of carbonyl (C=O) groups excluding carboxylic acids is 1. The first kappa shape index (κ1) is 21.3. The molecule has 0 aliphatic carbocycles. The molecule has 1 amide bonds. The van der Waals surface area contributed by atoms with Gasteiger partial charge in [-0.25, -0.2) is 4.98 Å². The van der Waals surface area contributed by atoms with E-state index in [0.717, 1.165) is 52.6 Å². The van der Waals surface area contributed by atoms with Gasteiger partial charge >= 0.3 is 0 Å². The molecule has 2 aromatic carbocycles. The van der Waals surface area contributed by atoms with Crippen LogP contribution in [0.1, 0.15) is 28.9 Å². The SMILES string of the molecule is Cc1cccc2c1[nH]c1c(-c3ccc(Cl)c(Cl)c3)nc(C(=O)NCCN3CCCC3)cc12. The van der Waals surface area contributed by atoms with E-state index in [4.69, 9.17) is 28.2 Å². The quantitative estimate of drug-likeness (QED) is 0.389. The van der Waals surface area contributed by atoms with Gasteiger partial charge in [0, 0.05) is 34.9 Å². The molecule has 1 saturated heterocycles. The lowest BCUT2D eigenvalue weighted by atomic mass is 10.1. The fourth-order valence-electron chi connectivity index (χ4n) is 4.46. The second-order valence-electron chi connectivity index (χ2n) is 8.33. The van der Waals surface area contributed by atoms with Gasteiger partial charge in [0.05, 0.1) is 21.3 Å². The van der Waals surface area contributed by atoms with Crippen LogP contribution in [-0.4, -0.2) is 47.0 Å². The van der Waals surface area contributed by atoms with Crippen LogP contribution >= 0.6 is 23.2 Å². The average molecular weight is 467 g/mol. The number of H-pyrrole nitrogens is 1. The molecular formula is C25H24Cl2N4O. The minimum atomic E-state index is -0.172.